The zero-order chi connectivity index (χ0) is 41.2. The lowest BCUT2D eigenvalue weighted by molar-refractivity contribution is -0.123. The van der Waals surface area contributed by atoms with Crippen molar-refractivity contribution >= 4 is 25.3 Å². The molecule has 4 aromatic rings. The summed E-state index contributed by atoms with van der Waals surface area (Å²) in [4.78, 5) is 54.2. The fraction of sp³-hybridized carbons (Fsp3) is 0.378. The predicted molar refractivity (Wildman–Crippen MR) is 227 cm³/mol. The Labute approximate surface area is 336 Å². The van der Waals surface area contributed by atoms with E-state index in [1.54, 1.807) is 14.0 Å². The van der Waals surface area contributed by atoms with Crippen molar-refractivity contribution in [1.29, 1.82) is 5.26 Å². The predicted octanol–water partition coefficient (Wildman–Crippen LogP) is 5.84. The number of nitrogens with zero attached hydrogens (tertiary/aromatic N) is 2. The van der Waals surface area contributed by atoms with E-state index in [-0.39, 0.29) is 43.2 Å². The molecule has 4 N–H and O–H groups in total. The second kappa shape index (κ2) is 19.1. The maximum absolute atomic E-state index is 14.7. The van der Waals surface area contributed by atoms with Crippen LogP contribution in [0.25, 0.3) is 0 Å². The van der Waals surface area contributed by atoms with Crippen LogP contribution in [0.2, 0.25) is 0 Å². The number of benzene rings is 3. The molecule has 1 aromatic heterocycles. The van der Waals surface area contributed by atoms with Crippen molar-refractivity contribution in [3.63, 3.8) is 0 Å². The lowest BCUT2D eigenvalue weighted by atomic mass is 9.76. The number of amides is 2. The maximum atomic E-state index is 14.7. The molecule has 0 fully saturated rings. The molecule has 0 bridgehead atoms. The summed E-state index contributed by atoms with van der Waals surface area (Å²) in [5.74, 6) is 0.383. The Hall–Kier alpha value is -5.56. The molecule has 0 radical (unpaired) electrons. The monoisotopic (exact) mass is 788 g/mol. The van der Waals surface area contributed by atoms with Gasteiger partial charge in [-0.15, -0.1) is 0 Å². The summed E-state index contributed by atoms with van der Waals surface area (Å²) in [6, 6.07) is 30.9. The highest BCUT2D eigenvalue weighted by Crippen LogP contribution is 2.51. The first kappa shape index (κ1) is 42.6. The summed E-state index contributed by atoms with van der Waals surface area (Å²) in [5, 5.41) is 19.6. The van der Waals surface area contributed by atoms with Crippen molar-refractivity contribution in [3.05, 3.63) is 145 Å². The van der Waals surface area contributed by atoms with Gasteiger partial charge in [-0.2, -0.15) is 5.26 Å². The number of aryl methyl sites for hydroxylation is 1. The first-order valence-electron chi connectivity index (χ1n) is 19.4. The molecule has 0 saturated carbocycles. The molecule has 2 heterocycles. The third kappa shape index (κ3) is 9.36. The summed E-state index contributed by atoms with van der Waals surface area (Å²) in [6.07, 6.45) is 2.53. The standard InChI is InChI=1S/C45H53N6O5P/c1-30(2)39-37(22-26-47-38(52)29-51-28-32(5)41(53)50-43(51)55)57-44(40(39)31(3)4,42(54)48-25-13-24-46)23-27-49-45(33-14-9-7-10-15-33,34-16-11-8-12-17-34)35-18-20-36(56-6)21-19-35/h7-12,14-21,28,30-31,49H,13,22-23,25-27,29H2,1-6H3,(H,47,52)(H,48,54)(H,50,53,55). The normalized spacial score (nSPS) is 15.7. The molecular weight excluding hydrogens is 736 g/mol. The van der Waals surface area contributed by atoms with E-state index in [0.717, 1.165) is 47.1 Å². The maximum Gasteiger partial charge on any atom is 0.328 e. The van der Waals surface area contributed by atoms with E-state index >= 15 is 0 Å². The van der Waals surface area contributed by atoms with Gasteiger partial charge in [-0.25, -0.2) is 4.79 Å². The van der Waals surface area contributed by atoms with Crippen LogP contribution in [0.4, 0.5) is 0 Å². The molecule has 0 spiro atoms. The Kier molecular flexibility index (Phi) is 14.2. The van der Waals surface area contributed by atoms with Gasteiger partial charge < -0.3 is 15.4 Å². The van der Waals surface area contributed by atoms with Gasteiger partial charge in [-0.3, -0.25) is 29.3 Å². The Bertz CT molecular complexity index is 2220. The second-order valence-corrected chi connectivity index (χ2v) is 16.4. The number of nitrogens with one attached hydrogen (secondary N) is 4. The van der Waals surface area contributed by atoms with Gasteiger partial charge in [0.15, 0.2) is 0 Å². The summed E-state index contributed by atoms with van der Waals surface area (Å²) in [6.45, 7) is 10.9. The van der Waals surface area contributed by atoms with E-state index in [1.807, 2.05) is 48.5 Å². The summed E-state index contributed by atoms with van der Waals surface area (Å²) >= 11 is 0. The van der Waals surface area contributed by atoms with Gasteiger partial charge in [-0.05, 0) is 83.4 Å². The van der Waals surface area contributed by atoms with Crippen molar-refractivity contribution in [2.75, 3.05) is 26.7 Å². The van der Waals surface area contributed by atoms with Gasteiger partial charge in [0.05, 0.1) is 25.1 Å². The van der Waals surface area contributed by atoms with Crippen LogP contribution in [0.3, 0.4) is 0 Å². The van der Waals surface area contributed by atoms with Gasteiger partial charge in [-0.1, -0.05) is 109 Å². The third-order valence-electron chi connectivity index (χ3n) is 10.4. The molecule has 5 rings (SSSR count). The summed E-state index contributed by atoms with van der Waals surface area (Å²) in [5.41, 5.74) is 3.74. The zero-order valence-corrected chi connectivity index (χ0v) is 34.5. The van der Waals surface area contributed by atoms with Crippen molar-refractivity contribution in [1.82, 2.24) is 25.5 Å². The topological polar surface area (TPSA) is 158 Å². The van der Waals surface area contributed by atoms with Crippen molar-refractivity contribution in [2.24, 2.45) is 11.8 Å². The SMILES string of the molecule is COc1ccc(C(NCCC2(C(=O)NCCC#N)P=C(CCNC(=O)Cn3cc(C)c(=O)[nH]c3=O)C(C(C)C)=C2C(C)C)(c2ccccc2)c2ccccc2)cc1. The Balaban J connectivity index is 1.53. The highest BCUT2D eigenvalue weighted by molar-refractivity contribution is 7.45. The van der Waals surface area contributed by atoms with Crippen LogP contribution in [-0.4, -0.2) is 58.6 Å². The zero-order valence-electron chi connectivity index (χ0n) is 33.6. The number of ether oxygens (including phenoxy) is 1. The molecule has 57 heavy (non-hydrogen) atoms. The van der Waals surface area contributed by atoms with E-state index in [4.69, 9.17) is 4.74 Å². The van der Waals surface area contributed by atoms with Crippen LogP contribution in [-0.2, 0) is 21.7 Å². The molecule has 1 unspecified atom stereocenters. The minimum absolute atomic E-state index is 0.0219. The molecule has 0 saturated heterocycles. The number of aromatic amines is 1. The Morgan fingerprint density at radius 1 is 0.877 bits per heavy atom. The number of carbonyl (C=O) groups is 2. The van der Waals surface area contributed by atoms with E-state index in [0.29, 0.717) is 31.5 Å². The number of rotatable bonds is 18. The number of nitriles is 1. The smallest absolute Gasteiger partial charge is 0.328 e. The molecule has 298 valence electrons. The molecule has 0 aliphatic carbocycles. The van der Waals surface area contributed by atoms with Crippen LogP contribution in [0.1, 0.15) is 69.2 Å². The fourth-order valence-electron chi connectivity index (χ4n) is 7.93. The van der Waals surface area contributed by atoms with Gasteiger partial charge in [0.25, 0.3) is 5.56 Å². The molecule has 11 nitrogen and oxygen atoms in total. The number of methoxy groups -OCH3 is 1. The first-order valence-corrected chi connectivity index (χ1v) is 20.3. The van der Waals surface area contributed by atoms with Crippen LogP contribution in [0.15, 0.2) is 112 Å². The van der Waals surface area contributed by atoms with Gasteiger partial charge in [0.1, 0.15) is 17.5 Å². The summed E-state index contributed by atoms with van der Waals surface area (Å²) < 4.78 is 6.72. The van der Waals surface area contributed by atoms with Crippen molar-refractivity contribution < 1.29 is 14.3 Å². The van der Waals surface area contributed by atoms with Crippen LogP contribution in [0.5, 0.6) is 5.75 Å². The van der Waals surface area contributed by atoms with E-state index < -0.39 is 21.9 Å². The Morgan fingerprint density at radius 2 is 1.49 bits per heavy atom. The molecule has 1 aliphatic heterocycles. The van der Waals surface area contributed by atoms with Crippen molar-refractivity contribution in [3.8, 4) is 11.8 Å². The molecule has 1 aliphatic rings. The number of H-pyrrole nitrogens is 1. The number of carbonyl (C=O) groups excluding carboxylic acids is 2. The third-order valence-corrected chi connectivity index (χ3v) is 12.2. The summed E-state index contributed by atoms with van der Waals surface area (Å²) in [7, 11) is 2.48. The number of hydrogen-bond donors (Lipinski definition) is 4. The highest BCUT2D eigenvalue weighted by atomic mass is 31.1. The number of allylic oxidation sites excluding steroid dienone is 1. The van der Waals surface area contributed by atoms with Crippen LogP contribution < -0.4 is 31.9 Å². The van der Waals surface area contributed by atoms with Crippen LogP contribution in [0, 0.1) is 30.1 Å². The lowest BCUT2D eigenvalue weighted by Gasteiger charge is -2.39. The van der Waals surface area contributed by atoms with Gasteiger partial charge in [0.2, 0.25) is 11.8 Å². The average Bonchev–Trinajstić information content (AvgIpc) is 3.55. The van der Waals surface area contributed by atoms with Crippen LogP contribution >= 0.6 is 8.20 Å². The quantitative estimate of drug-likeness (QED) is 0.0561. The number of hydrogen-bond acceptors (Lipinski definition) is 7. The van der Waals surface area contributed by atoms with Gasteiger partial charge in [0, 0.05) is 24.8 Å². The van der Waals surface area contributed by atoms with E-state index in [1.165, 1.54) is 10.8 Å². The van der Waals surface area contributed by atoms with E-state index in [2.05, 4.69) is 91.1 Å². The second-order valence-electron chi connectivity index (χ2n) is 14.9. The van der Waals surface area contributed by atoms with E-state index in [9.17, 15) is 24.4 Å². The molecule has 1 atom stereocenters. The Morgan fingerprint density at radius 3 is 2.05 bits per heavy atom. The highest BCUT2D eigenvalue weighted by Gasteiger charge is 2.48. The molecule has 12 heteroatoms. The minimum Gasteiger partial charge on any atom is -0.497 e. The fourth-order valence-corrected chi connectivity index (χ4v) is 10.0. The average molecular weight is 789 g/mol. The molecular formula is C45H53N6O5P. The van der Waals surface area contributed by atoms with Crippen molar-refractivity contribution in [2.45, 2.75) is 71.1 Å². The molecule has 2 amide bonds. The number of aromatic nitrogens is 2. The minimum atomic E-state index is -0.949. The molecule has 3 aromatic carbocycles. The van der Waals surface area contributed by atoms with Gasteiger partial charge >= 0.3 is 5.69 Å². The largest absolute Gasteiger partial charge is 0.497 e. The lowest BCUT2D eigenvalue weighted by Crippen LogP contribution is -2.50. The first-order chi connectivity index (χ1) is 27.4.